The minimum Gasteiger partial charge on any atom is -0.459 e. The van der Waals surface area contributed by atoms with Gasteiger partial charge in [-0.3, -0.25) is 9.69 Å². The van der Waals surface area contributed by atoms with Crippen LogP contribution >= 0.6 is 0 Å². The first kappa shape index (κ1) is 20.0. The molecule has 2 aromatic rings. The summed E-state index contributed by atoms with van der Waals surface area (Å²) in [4.78, 5) is 14.0. The Labute approximate surface area is 156 Å². The van der Waals surface area contributed by atoms with Crippen molar-refractivity contribution in [2.24, 2.45) is 0 Å². The molecule has 0 aliphatic carbocycles. The Bertz CT molecular complexity index is 690. The van der Waals surface area contributed by atoms with Gasteiger partial charge in [0.15, 0.2) is 0 Å². The smallest absolute Gasteiger partial charge is 0.320 e. The van der Waals surface area contributed by atoms with Crippen molar-refractivity contribution >= 4 is 5.97 Å². The van der Waals surface area contributed by atoms with E-state index in [1.165, 1.54) is 5.56 Å². The lowest BCUT2D eigenvalue weighted by Gasteiger charge is -2.26. The van der Waals surface area contributed by atoms with Gasteiger partial charge in [0, 0.05) is 6.04 Å². The second-order valence-corrected chi connectivity index (χ2v) is 7.61. The zero-order valence-electron chi connectivity index (χ0n) is 16.4. The second kappa shape index (κ2) is 8.86. The molecule has 0 aromatic heterocycles. The van der Waals surface area contributed by atoms with Crippen LogP contribution in [0.15, 0.2) is 54.6 Å². The zero-order valence-corrected chi connectivity index (χ0v) is 16.4. The number of para-hydroxylation sites is 1. The summed E-state index contributed by atoms with van der Waals surface area (Å²) in [5.74, 6) is 1.44. The predicted molar refractivity (Wildman–Crippen MR) is 105 cm³/mol. The molecule has 2 rings (SSSR count). The number of ether oxygens (including phenoxy) is 2. The molecule has 0 aliphatic heterocycles. The van der Waals surface area contributed by atoms with Crippen molar-refractivity contribution in [3.05, 3.63) is 60.2 Å². The number of esters is 1. The molecule has 0 unspecified atom stereocenters. The quantitative estimate of drug-likeness (QED) is 0.676. The number of hydrogen-bond acceptors (Lipinski definition) is 4. The molecule has 1 atom stereocenters. The summed E-state index contributed by atoms with van der Waals surface area (Å²) in [7, 11) is 1.95. The Balaban J connectivity index is 1.86. The number of rotatable bonds is 7. The third-order valence-corrected chi connectivity index (χ3v) is 3.98. The molecule has 0 saturated carbocycles. The first-order valence-electron chi connectivity index (χ1n) is 8.97. The maximum Gasteiger partial charge on any atom is 0.320 e. The first-order valence-corrected chi connectivity index (χ1v) is 8.97. The van der Waals surface area contributed by atoms with Crippen LogP contribution in [0.1, 0.15) is 33.3 Å². The third-order valence-electron chi connectivity index (χ3n) is 3.98. The lowest BCUT2D eigenvalue weighted by atomic mass is 10.1. The maximum absolute atomic E-state index is 12.0. The molecule has 26 heavy (non-hydrogen) atoms. The molecule has 4 nitrogen and oxygen atoms in total. The number of likely N-dealkylation sites (N-methyl/N-ethyl adjacent to an activating group) is 1. The highest BCUT2D eigenvalue weighted by Crippen LogP contribution is 2.21. The Morgan fingerprint density at radius 2 is 1.58 bits per heavy atom. The van der Waals surface area contributed by atoms with E-state index in [0.717, 1.165) is 17.9 Å². The summed E-state index contributed by atoms with van der Waals surface area (Å²) in [6, 6.07) is 18.0. The van der Waals surface area contributed by atoms with E-state index in [1.54, 1.807) is 0 Å². The fourth-order valence-corrected chi connectivity index (χ4v) is 2.55. The second-order valence-electron chi connectivity index (χ2n) is 7.61. The van der Waals surface area contributed by atoms with Crippen molar-refractivity contribution in [3.8, 4) is 11.5 Å². The molecule has 0 saturated heterocycles. The summed E-state index contributed by atoms with van der Waals surface area (Å²) in [6.07, 6.45) is 0.852. The zero-order chi connectivity index (χ0) is 19.2. The van der Waals surface area contributed by atoms with Gasteiger partial charge in [-0.1, -0.05) is 30.3 Å². The summed E-state index contributed by atoms with van der Waals surface area (Å²) in [6.45, 7) is 8.04. The van der Waals surface area contributed by atoms with Crippen LogP contribution in [0.2, 0.25) is 0 Å². The van der Waals surface area contributed by atoms with E-state index in [-0.39, 0.29) is 18.6 Å². The van der Waals surface area contributed by atoms with Crippen LogP contribution in [0, 0.1) is 0 Å². The molecule has 0 fully saturated rings. The number of benzene rings is 2. The maximum atomic E-state index is 12.0. The molecular weight excluding hydrogens is 326 g/mol. The van der Waals surface area contributed by atoms with Gasteiger partial charge >= 0.3 is 5.97 Å². The fourth-order valence-electron chi connectivity index (χ4n) is 2.55. The molecule has 0 radical (unpaired) electrons. The fraction of sp³-hybridized carbons (Fsp3) is 0.409. The van der Waals surface area contributed by atoms with Gasteiger partial charge in [0.25, 0.3) is 0 Å². The van der Waals surface area contributed by atoms with E-state index in [4.69, 9.17) is 9.47 Å². The van der Waals surface area contributed by atoms with Crippen molar-refractivity contribution in [1.29, 1.82) is 0 Å². The molecule has 0 heterocycles. The number of carbonyl (C=O) groups excluding carboxylic acids is 1. The van der Waals surface area contributed by atoms with Crippen molar-refractivity contribution in [2.45, 2.75) is 45.8 Å². The largest absolute Gasteiger partial charge is 0.459 e. The number of nitrogens with zero attached hydrogens (tertiary/aromatic N) is 1. The van der Waals surface area contributed by atoms with E-state index >= 15 is 0 Å². The average molecular weight is 355 g/mol. The Kier molecular flexibility index (Phi) is 6.81. The van der Waals surface area contributed by atoms with E-state index in [1.807, 2.05) is 75.2 Å². The van der Waals surface area contributed by atoms with Gasteiger partial charge in [0.05, 0.1) is 6.54 Å². The third kappa shape index (κ3) is 6.89. The summed E-state index contributed by atoms with van der Waals surface area (Å²) in [5.41, 5.74) is 0.754. The van der Waals surface area contributed by atoms with E-state index in [9.17, 15) is 4.79 Å². The monoisotopic (exact) mass is 355 g/mol. The Hall–Kier alpha value is -2.33. The molecule has 140 valence electrons. The van der Waals surface area contributed by atoms with Crippen molar-refractivity contribution in [3.63, 3.8) is 0 Å². The van der Waals surface area contributed by atoms with Gasteiger partial charge in [-0.05, 0) is 71.0 Å². The molecule has 2 aromatic carbocycles. The van der Waals surface area contributed by atoms with Crippen molar-refractivity contribution < 1.29 is 14.3 Å². The van der Waals surface area contributed by atoms with E-state index in [0.29, 0.717) is 0 Å². The minimum atomic E-state index is -0.449. The van der Waals surface area contributed by atoms with Crippen LogP contribution < -0.4 is 4.74 Å². The molecular formula is C22H29NO3. The van der Waals surface area contributed by atoms with Crippen LogP contribution in [-0.4, -0.2) is 36.1 Å². The van der Waals surface area contributed by atoms with Crippen LogP contribution in [0.4, 0.5) is 0 Å². The van der Waals surface area contributed by atoms with E-state index < -0.39 is 5.60 Å². The standard InChI is InChI=1S/C22H29NO3/c1-17(23(5)16-21(24)26-22(2,3)4)15-18-11-13-20(14-12-18)25-19-9-7-6-8-10-19/h6-14,17H,15-16H2,1-5H3/t17-/m1/s1. The highest BCUT2D eigenvalue weighted by molar-refractivity contribution is 5.72. The molecule has 0 bridgehead atoms. The molecule has 4 heteroatoms. The van der Waals surface area contributed by atoms with Gasteiger partial charge in [0.1, 0.15) is 17.1 Å². The van der Waals surface area contributed by atoms with Crippen molar-refractivity contribution in [1.82, 2.24) is 4.90 Å². The highest BCUT2D eigenvalue weighted by atomic mass is 16.6. The van der Waals surface area contributed by atoms with Gasteiger partial charge in [-0.15, -0.1) is 0 Å². The number of hydrogen-bond donors (Lipinski definition) is 0. The van der Waals surface area contributed by atoms with Crippen LogP contribution in [0.5, 0.6) is 11.5 Å². The normalized spacial score (nSPS) is 12.7. The topological polar surface area (TPSA) is 38.8 Å². The highest BCUT2D eigenvalue weighted by Gasteiger charge is 2.19. The predicted octanol–water partition coefficient (Wildman–Crippen LogP) is 4.68. The minimum absolute atomic E-state index is 0.196. The molecule has 0 spiro atoms. The number of carbonyl (C=O) groups is 1. The first-order chi connectivity index (χ1) is 12.2. The SMILES string of the molecule is C[C@H](Cc1ccc(Oc2ccccc2)cc1)N(C)CC(=O)OC(C)(C)C. The van der Waals surface area contributed by atoms with Gasteiger partial charge in [-0.25, -0.2) is 0 Å². The van der Waals surface area contributed by atoms with E-state index in [2.05, 4.69) is 19.1 Å². The molecule has 0 amide bonds. The average Bonchev–Trinajstić information content (AvgIpc) is 2.55. The summed E-state index contributed by atoms with van der Waals surface area (Å²) in [5, 5.41) is 0. The van der Waals surface area contributed by atoms with Gasteiger partial charge in [-0.2, -0.15) is 0 Å². The Morgan fingerprint density at radius 3 is 2.15 bits per heavy atom. The van der Waals surface area contributed by atoms with Gasteiger partial charge in [0.2, 0.25) is 0 Å². The van der Waals surface area contributed by atoms with Gasteiger partial charge < -0.3 is 9.47 Å². The Morgan fingerprint density at radius 1 is 1.00 bits per heavy atom. The molecule has 0 N–H and O–H groups in total. The summed E-state index contributed by atoms with van der Waals surface area (Å²) >= 11 is 0. The van der Waals surface area contributed by atoms with Crippen LogP contribution in [-0.2, 0) is 16.0 Å². The lowest BCUT2D eigenvalue weighted by Crippen LogP contribution is -2.38. The van der Waals surface area contributed by atoms with Crippen LogP contribution in [0.3, 0.4) is 0 Å². The van der Waals surface area contributed by atoms with Crippen LogP contribution in [0.25, 0.3) is 0 Å². The van der Waals surface area contributed by atoms with Crippen molar-refractivity contribution in [2.75, 3.05) is 13.6 Å². The lowest BCUT2D eigenvalue weighted by molar-refractivity contribution is -0.156. The summed E-state index contributed by atoms with van der Waals surface area (Å²) < 4.78 is 11.2. The molecule has 0 aliphatic rings.